The van der Waals surface area contributed by atoms with E-state index < -0.39 is 0 Å². The number of ether oxygens (including phenoxy) is 1. The third-order valence-corrected chi connectivity index (χ3v) is 3.68. The molecule has 0 fully saturated rings. The quantitative estimate of drug-likeness (QED) is 0.763. The van der Waals surface area contributed by atoms with Gasteiger partial charge in [-0.1, -0.05) is 39.1 Å². The van der Waals surface area contributed by atoms with Gasteiger partial charge in [-0.3, -0.25) is 4.79 Å². The monoisotopic (exact) mass is 388 g/mol. The van der Waals surface area contributed by atoms with E-state index in [2.05, 4.69) is 21.2 Å². The zero-order valence-electron chi connectivity index (χ0n) is 10.7. The first-order chi connectivity index (χ1) is 9.95. The van der Waals surface area contributed by atoms with Crippen molar-refractivity contribution in [2.45, 2.75) is 0 Å². The number of anilines is 2. The summed E-state index contributed by atoms with van der Waals surface area (Å²) in [4.78, 5) is 11.8. The van der Waals surface area contributed by atoms with Gasteiger partial charge in [0.15, 0.2) is 6.61 Å². The van der Waals surface area contributed by atoms with Crippen LogP contribution in [0.25, 0.3) is 0 Å². The summed E-state index contributed by atoms with van der Waals surface area (Å²) in [7, 11) is 0. The molecule has 2 aromatic rings. The zero-order chi connectivity index (χ0) is 15.4. The first kappa shape index (κ1) is 15.9. The highest BCUT2D eigenvalue weighted by atomic mass is 79.9. The third kappa shape index (κ3) is 4.52. The zero-order valence-corrected chi connectivity index (χ0v) is 13.8. The fraction of sp³-hybridized carbons (Fsp3) is 0.0714. The van der Waals surface area contributed by atoms with Crippen molar-refractivity contribution < 1.29 is 9.53 Å². The summed E-state index contributed by atoms with van der Waals surface area (Å²) in [5, 5.41) is 3.52. The normalized spacial score (nSPS) is 10.2. The van der Waals surface area contributed by atoms with Gasteiger partial charge < -0.3 is 15.8 Å². The van der Waals surface area contributed by atoms with Crippen LogP contribution in [0, 0.1) is 0 Å². The van der Waals surface area contributed by atoms with Crippen LogP contribution >= 0.6 is 39.1 Å². The Kier molecular flexibility index (Phi) is 5.33. The van der Waals surface area contributed by atoms with Gasteiger partial charge in [0.25, 0.3) is 5.91 Å². The highest BCUT2D eigenvalue weighted by Gasteiger charge is 2.08. The predicted octanol–water partition coefficient (Wildman–Crippen LogP) is 4.36. The number of nitrogen functional groups attached to an aromatic ring is 1. The Bertz CT molecular complexity index is 680. The van der Waals surface area contributed by atoms with Crippen LogP contribution in [0.3, 0.4) is 0 Å². The molecule has 21 heavy (non-hydrogen) atoms. The molecule has 0 aliphatic rings. The van der Waals surface area contributed by atoms with Gasteiger partial charge in [0.1, 0.15) is 5.75 Å². The average molecular weight is 390 g/mol. The number of hydrogen-bond acceptors (Lipinski definition) is 3. The summed E-state index contributed by atoms with van der Waals surface area (Å²) in [5.74, 6) is 0.101. The Morgan fingerprint density at radius 2 is 1.90 bits per heavy atom. The molecule has 110 valence electrons. The largest absolute Gasteiger partial charge is 0.482 e. The number of nitrogens with one attached hydrogen (secondary N) is 1. The standard InChI is InChI=1S/C14H11BrCl2N2O2/c15-8-1-3-11(17)13(5-8)21-7-14(20)19-9-2-4-10(16)12(18)6-9/h1-6H,7,18H2,(H,19,20). The Balaban J connectivity index is 1.95. The first-order valence-corrected chi connectivity index (χ1v) is 7.43. The van der Waals surface area contributed by atoms with Crippen LogP contribution in [-0.4, -0.2) is 12.5 Å². The molecule has 3 N–H and O–H groups in total. The molecule has 0 bridgehead atoms. The van der Waals surface area contributed by atoms with Crippen LogP contribution in [0.2, 0.25) is 10.0 Å². The second-order valence-electron chi connectivity index (χ2n) is 4.15. The van der Waals surface area contributed by atoms with Crippen molar-refractivity contribution in [2.24, 2.45) is 0 Å². The molecule has 7 heteroatoms. The van der Waals surface area contributed by atoms with Crippen LogP contribution in [-0.2, 0) is 4.79 Å². The topological polar surface area (TPSA) is 64.3 Å². The number of rotatable bonds is 4. The molecular formula is C14H11BrCl2N2O2. The van der Waals surface area contributed by atoms with Crippen LogP contribution in [0.15, 0.2) is 40.9 Å². The summed E-state index contributed by atoms with van der Waals surface area (Å²) >= 11 is 15.1. The van der Waals surface area contributed by atoms with Crippen molar-refractivity contribution in [1.82, 2.24) is 0 Å². The van der Waals surface area contributed by atoms with Crippen molar-refractivity contribution in [3.63, 3.8) is 0 Å². The minimum atomic E-state index is -0.326. The van der Waals surface area contributed by atoms with Gasteiger partial charge >= 0.3 is 0 Å². The molecule has 0 saturated heterocycles. The Hall–Kier alpha value is -1.43. The number of hydrogen-bond donors (Lipinski definition) is 2. The molecule has 1 amide bonds. The highest BCUT2D eigenvalue weighted by molar-refractivity contribution is 9.10. The van der Waals surface area contributed by atoms with Gasteiger partial charge in [-0.15, -0.1) is 0 Å². The van der Waals surface area contributed by atoms with Gasteiger partial charge in [-0.2, -0.15) is 0 Å². The van der Waals surface area contributed by atoms with Crippen LogP contribution in [0.5, 0.6) is 5.75 Å². The molecule has 0 radical (unpaired) electrons. The molecule has 0 spiro atoms. The number of carbonyl (C=O) groups is 1. The fourth-order valence-electron chi connectivity index (χ4n) is 1.55. The lowest BCUT2D eigenvalue weighted by atomic mass is 10.3. The fourth-order valence-corrected chi connectivity index (χ4v) is 2.18. The van der Waals surface area contributed by atoms with Gasteiger partial charge in [0, 0.05) is 10.2 Å². The van der Waals surface area contributed by atoms with E-state index in [-0.39, 0.29) is 12.5 Å². The van der Waals surface area contributed by atoms with Crippen LogP contribution in [0.1, 0.15) is 0 Å². The maximum absolute atomic E-state index is 11.8. The van der Waals surface area contributed by atoms with Gasteiger partial charge in [-0.25, -0.2) is 0 Å². The molecule has 0 aliphatic heterocycles. The maximum atomic E-state index is 11.8. The van der Waals surface area contributed by atoms with Crippen molar-refractivity contribution >= 4 is 56.4 Å². The maximum Gasteiger partial charge on any atom is 0.262 e. The minimum absolute atomic E-state index is 0.168. The Morgan fingerprint density at radius 1 is 1.19 bits per heavy atom. The van der Waals surface area contributed by atoms with E-state index in [4.69, 9.17) is 33.7 Å². The summed E-state index contributed by atoms with van der Waals surface area (Å²) in [6, 6.07) is 9.99. The third-order valence-electron chi connectivity index (χ3n) is 2.53. The average Bonchev–Trinajstić information content (AvgIpc) is 2.44. The molecule has 4 nitrogen and oxygen atoms in total. The number of amides is 1. The second kappa shape index (κ2) is 7.02. The summed E-state index contributed by atoms with van der Waals surface area (Å²) in [5.41, 5.74) is 6.60. The number of halogens is 3. The second-order valence-corrected chi connectivity index (χ2v) is 5.88. The number of benzene rings is 2. The lowest BCUT2D eigenvalue weighted by molar-refractivity contribution is -0.118. The molecule has 0 heterocycles. The SMILES string of the molecule is Nc1cc(NC(=O)COc2cc(Br)ccc2Cl)ccc1Cl. The Morgan fingerprint density at radius 3 is 2.62 bits per heavy atom. The van der Waals surface area contributed by atoms with Gasteiger partial charge in [0.2, 0.25) is 0 Å². The summed E-state index contributed by atoms with van der Waals surface area (Å²) in [6.45, 7) is -0.168. The smallest absolute Gasteiger partial charge is 0.262 e. The van der Waals surface area contributed by atoms with Crippen molar-refractivity contribution in [3.05, 3.63) is 50.9 Å². The molecule has 0 unspecified atom stereocenters. The lowest BCUT2D eigenvalue weighted by Gasteiger charge is -2.10. The molecule has 0 saturated carbocycles. The molecule has 2 rings (SSSR count). The Labute approximate surface area is 140 Å². The van der Waals surface area contributed by atoms with Crippen molar-refractivity contribution in [1.29, 1.82) is 0 Å². The molecule has 0 atom stereocenters. The predicted molar refractivity (Wildman–Crippen MR) is 89.1 cm³/mol. The van der Waals surface area contributed by atoms with E-state index in [1.807, 2.05) is 0 Å². The number of carbonyl (C=O) groups excluding carboxylic acids is 1. The van der Waals surface area contributed by atoms with E-state index >= 15 is 0 Å². The van der Waals surface area contributed by atoms with E-state index in [0.29, 0.717) is 27.2 Å². The van der Waals surface area contributed by atoms with E-state index in [1.165, 1.54) is 0 Å². The highest BCUT2D eigenvalue weighted by Crippen LogP contribution is 2.28. The van der Waals surface area contributed by atoms with Gasteiger partial charge in [0.05, 0.1) is 15.7 Å². The summed E-state index contributed by atoms with van der Waals surface area (Å²) < 4.78 is 6.19. The minimum Gasteiger partial charge on any atom is -0.482 e. The molecule has 0 aromatic heterocycles. The van der Waals surface area contributed by atoms with Crippen LogP contribution in [0.4, 0.5) is 11.4 Å². The number of nitrogens with two attached hydrogens (primary N) is 1. The summed E-state index contributed by atoms with van der Waals surface area (Å²) in [6.07, 6.45) is 0. The lowest BCUT2D eigenvalue weighted by Crippen LogP contribution is -2.20. The van der Waals surface area contributed by atoms with Crippen molar-refractivity contribution in [2.75, 3.05) is 17.7 Å². The van der Waals surface area contributed by atoms with Crippen molar-refractivity contribution in [3.8, 4) is 5.75 Å². The van der Waals surface area contributed by atoms with E-state index in [1.54, 1.807) is 36.4 Å². The molecular weight excluding hydrogens is 379 g/mol. The van der Waals surface area contributed by atoms with Crippen LogP contribution < -0.4 is 15.8 Å². The van der Waals surface area contributed by atoms with Gasteiger partial charge in [-0.05, 0) is 36.4 Å². The molecule has 2 aromatic carbocycles. The van der Waals surface area contributed by atoms with E-state index in [9.17, 15) is 4.79 Å². The first-order valence-electron chi connectivity index (χ1n) is 5.88. The van der Waals surface area contributed by atoms with E-state index in [0.717, 1.165) is 4.47 Å². The molecule has 0 aliphatic carbocycles.